The predicted octanol–water partition coefficient (Wildman–Crippen LogP) is 1.19. The predicted molar refractivity (Wildman–Crippen MR) is 38.4 cm³/mol. The number of hydrogen-bond acceptors (Lipinski definition) is 3. The summed E-state index contributed by atoms with van der Waals surface area (Å²) < 4.78 is 0. The molecule has 0 unspecified atom stereocenters. The SMILES string of the molecule is N#Cc1c(N)cncc1Cl. The van der Waals surface area contributed by atoms with E-state index in [0.717, 1.165) is 0 Å². The van der Waals surface area contributed by atoms with Crippen LogP contribution in [0.4, 0.5) is 5.69 Å². The van der Waals surface area contributed by atoms with E-state index in [0.29, 0.717) is 10.7 Å². The number of nitrogen functional groups attached to an aromatic ring is 1. The summed E-state index contributed by atoms with van der Waals surface area (Å²) >= 11 is 5.56. The van der Waals surface area contributed by atoms with Crippen molar-refractivity contribution in [1.29, 1.82) is 5.26 Å². The topological polar surface area (TPSA) is 62.7 Å². The van der Waals surface area contributed by atoms with E-state index in [1.54, 1.807) is 0 Å². The zero-order valence-corrected chi connectivity index (χ0v) is 5.76. The summed E-state index contributed by atoms with van der Waals surface area (Å²) in [5.41, 5.74) is 5.97. The molecule has 0 radical (unpaired) electrons. The second-order valence-corrected chi connectivity index (χ2v) is 2.10. The zero-order chi connectivity index (χ0) is 7.56. The van der Waals surface area contributed by atoms with Crippen LogP contribution in [-0.2, 0) is 0 Å². The third-order valence-corrected chi connectivity index (χ3v) is 1.33. The molecule has 0 aliphatic rings. The molecule has 0 atom stereocenters. The molecule has 10 heavy (non-hydrogen) atoms. The summed E-state index contributed by atoms with van der Waals surface area (Å²) in [6.45, 7) is 0. The van der Waals surface area contributed by atoms with E-state index in [1.807, 2.05) is 6.07 Å². The number of nitrogens with two attached hydrogens (primary N) is 1. The molecule has 0 fully saturated rings. The molecular weight excluding hydrogens is 150 g/mol. The summed E-state index contributed by atoms with van der Waals surface area (Å²) in [4.78, 5) is 3.68. The van der Waals surface area contributed by atoms with Crippen LogP contribution in [-0.4, -0.2) is 4.98 Å². The fraction of sp³-hybridized carbons (Fsp3) is 0. The Balaban J connectivity index is 3.34. The minimum Gasteiger partial charge on any atom is -0.396 e. The van der Waals surface area contributed by atoms with Gasteiger partial charge in [0.2, 0.25) is 0 Å². The van der Waals surface area contributed by atoms with E-state index in [2.05, 4.69) is 4.98 Å². The van der Waals surface area contributed by atoms with Crippen LogP contribution in [0.3, 0.4) is 0 Å². The number of anilines is 1. The Morgan fingerprint density at radius 1 is 1.60 bits per heavy atom. The Morgan fingerprint density at radius 3 is 2.70 bits per heavy atom. The van der Waals surface area contributed by atoms with Crippen molar-refractivity contribution in [3.63, 3.8) is 0 Å². The van der Waals surface area contributed by atoms with Gasteiger partial charge in [-0.3, -0.25) is 4.98 Å². The van der Waals surface area contributed by atoms with Crippen LogP contribution in [0.1, 0.15) is 5.56 Å². The number of rotatable bonds is 0. The van der Waals surface area contributed by atoms with Crippen molar-refractivity contribution < 1.29 is 0 Å². The van der Waals surface area contributed by atoms with Gasteiger partial charge in [-0.15, -0.1) is 0 Å². The van der Waals surface area contributed by atoms with Gasteiger partial charge >= 0.3 is 0 Å². The molecule has 1 aromatic heterocycles. The number of aromatic nitrogens is 1. The monoisotopic (exact) mass is 153 g/mol. The van der Waals surface area contributed by atoms with Gasteiger partial charge in [0.25, 0.3) is 0 Å². The number of pyridine rings is 1. The highest BCUT2D eigenvalue weighted by molar-refractivity contribution is 6.31. The lowest BCUT2D eigenvalue weighted by Gasteiger charge is -1.95. The molecule has 0 aliphatic heterocycles. The lowest BCUT2D eigenvalue weighted by Crippen LogP contribution is -1.91. The standard InChI is InChI=1S/C6H4ClN3/c7-5-2-10-3-6(9)4(5)1-8/h2-3H,9H2. The molecule has 0 saturated carbocycles. The maximum absolute atomic E-state index is 8.46. The molecule has 50 valence electrons. The van der Waals surface area contributed by atoms with Crippen LogP contribution >= 0.6 is 11.6 Å². The molecular formula is C6H4ClN3. The van der Waals surface area contributed by atoms with Crippen molar-refractivity contribution in [2.75, 3.05) is 5.73 Å². The van der Waals surface area contributed by atoms with Crippen LogP contribution in [0, 0.1) is 11.3 Å². The van der Waals surface area contributed by atoms with Gasteiger partial charge in [-0.1, -0.05) is 11.6 Å². The van der Waals surface area contributed by atoms with E-state index >= 15 is 0 Å². The van der Waals surface area contributed by atoms with Gasteiger partial charge in [-0.05, 0) is 0 Å². The molecule has 0 amide bonds. The van der Waals surface area contributed by atoms with Crippen LogP contribution in [0.2, 0.25) is 5.02 Å². The van der Waals surface area contributed by atoms with Crippen molar-refractivity contribution in [3.05, 3.63) is 23.0 Å². The molecule has 0 aliphatic carbocycles. The summed E-state index contributed by atoms with van der Waals surface area (Å²) in [5.74, 6) is 0. The first kappa shape index (κ1) is 6.84. The maximum Gasteiger partial charge on any atom is 0.103 e. The number of halogens is 1. The number of nitriles is 1. The Kier molecular flexibility index (Phi) is 1.74. The third-order valence-electron chi connectivity index (χ3n) is 1.04. The molecule has 4 heteroatoms. The quantitative estimate of drug-likeness (QED) is 0.609. The molecule has 1 aromatic rings. The first-order valence-corrected chi connectivity index (χ1v) is 2.92. The van der Waals surface area contributed by atoms with Gasteiger partial charge in [-0.25, -0.2) is 0 Å². The summed E-state index contributed by atoms with van der Waals surface area (Å²) in [6.07, 6.45) is 2.78. The Hall–Kier alpha value is -1.27. The second-order valence-electron chi connectivity index (χ2n) is 1.70. The Morgan fingerprint density at radius 2 is 2.30 bits per heavy atom. The maximum atomic E-state index is 8.46. The zero-order valence-electron chi connectivity index (χ0n) is 5.00. The largest absolute Gasteiger partial charge is 0.396 e. The minimum absolute atomic E-state index is 0.289. The molecule has 0 saturated heterocycles. The van der Waals surface area contributed by atoms with Crippen molar-refractivity contribution >= 4 is 17.3 Å². The van der Waals surface area contributed by atoms with Gasteiger partial charge in [0.05, 0.1) is 22.5 Å². The van der Waals surface area contributed by atoms with Gasteiger partial charge in [0, 0.05) is 6.20 Å². The van der Waals surface area contributed by atoms with Crippen LogP contribution < -0.4 is 5.73 Å². The summed E-state index contributed by atoms with van der Waals surface area (Å²) in [5, 5.41) is 8.75. The molecule has 3 nitrogen and oxygen atoms in total. The lowest BCUT2D eigenvalue weighted by molar-refractivity contribution is 1.31. The Bertz CT molecular complexity index is 269. The van der Waals surface area contributed by atoms with E-state index < -0.39 is 0 Å². The van der Waals surface area contributed by atoms with Gasteiger partial charge in [-0.2, -0.15) is 5.26 Å². The van der Waals surface area contributed by atoms with E-state index in [-0.39, 0.29) is 5.56 Å². The van der Waals surface area contributed by atoms with Crippen molar-refractivity contribution in [2.45, 2.75) is 0 Å². The average Bonchev–Trinajstić information content (AvgIpc) is 1.88. The normalized spacial score (nSPS) is 8.80. The highest BCUT2D eigenvalue weighted by atomic mass is 35.5. The smallest absolute Gasteiger partial charge is 0.103 e. The first-order valence-electron chi connectivity index (χ1n) is 2.55. The first-order chi connectivity index (χ1) is 4.75. The van der Waals surface area contributed by atoms with Crippen LogP contribution in [0.5, 0.6) is 0 Å². The molecule has 1 heterocycles. The van der Waals surface area contributed by atoms with Crippen LogP contribution in [0.15, 0.2) is 12.4 Å². The van der Waals surface area contributed by atoms with Crippen LogP contribution in [0.25, 0.3) is 0 Å². The van der Waals surface area contributed by atoms with E-state index in [1.165, 1.54) is 12.4 Å². The molecule has 0 aromatic carbocycles. The van der Waals surface area contributed by atoms with Gasteiger partial charge in [0.15, 0.2) is 0 Å². The van der Waals surface area contributed by atoms with Crippen molar-refractivity contribution in [2.24, 2.45) is 0 Å². The highest BCUT2D eigenvalue weighted by Crippen LogP contribution is 2.18. The highest BCUT2D eigenvalue weighted by Gasteiger charge is 2.01. The summed E-state index contributed by atoms with van der Waals surface area (Å²) in [6, 6.07) is 1.87. The molecule has 0 bridgehead atoms. The summed E-state index contributed by atoms with van der Waals surface area (Å²) in [7, 11) is 0. The van der Waals surface area contributed by atoms with Gasteiger partial charge < -0.3 is 5.73 Å². The molecule has 1 rings (SSSR count). The molecule has 0 spiro atoms. The Labute approximate surface area is 63.1 Å². The van der Waals surface area contributed by atoms with Crippen molar-refractivity contribution in [3.8, 4) is 6.07 Å². The van der Waals surface area contributed by atoms with Gasteiger partial charge in [0.1, 0.15) is 6.07 Å². The number of hydrogen-bond donors (Lipinski definition) is 1. The van der Waals surface area contributed by atoms with E-state index in [4.69, 9.17) is 22.6 Å². The lowest BCUT2D eigenvalue weighted by atomic mass is 10.2. The second kappa shape index (κ2) is 2.54. The number of nitrogens with zero attached hydrogens (tertiary/aromatic N) is 2. The molecule has 2 N–H and O–H groups in total. The average molecular weight is 154 g/mol. The third kappa shape index (κ3) is 1.02. The minimum atomic E-state index is 0.289. The fourth-order valence-electron chi connectivity index (χ4n) is 0.568. The fourth-order valence-corrected chi connectivity index (χ4v) is 0.776. The van der Waals surface area contributed by atoms with Crippen molar-refractivity contribution in [1.82, 2.24) is 4.98 Å². The van der Waals surface area contributed by atoms with E-state index in [9.17, 15) is 0 Å².